The molecule has 0 atom stereocenters. The summed E-state index contributed by atoms with van der Waals surface area (Å²) in [6.07, 6.45) is 3.33. The molecule has 0 amide bonds. The molecule has 1 heterocycles. The number of halogens is 3. The molecule has 0 saturated carbocycles. The minimum Gasteiger partial charge on any atom is -0.362 e. The maximum absolute atomic E-state index is 12.8. The maximum Gasteiger partial charge on any atom is 0.171 e. The second kappa shape index (κ2) is 8.57. The van der Waals surface area contributed by atoms with Gasteiger partial charge in [0.15, 0.2) is 5.11 Å². The lowest BCUT2D eigenvalue weighted by molar-refractivity contribution is 0.626. The van der Waals surface area contributed by atoms with Crippen LogP contribution < -0.4 is 10.6 Å². The number of thiocarbonyl (C=S) groups is 1. The second-order valence-electron chi connectivity index (χ2n) is 5.00. The fraction of sp³-hybridized carbons (Fsp3) is 0.250. The van der Waals surface area contributed by atoms with E-state index in [1.54, 1.807) is 18.3 Å². The summed E-state index contributed by atoms with van der Waals surface area (Å²) < 4.78 is 13.6. The Morgan fingerprint density at radius 3 is 2.74 bits per heavy atom. The molecule has 0 aliphatic carbocycles. The molecule has 0 aliphatic rings. The minimum absolute atomic E-state index is 0.214. The Kier molecular flexibility index (Phi) is 6.74. The third kappa shape index (κ3) is 5.41. The third-order valence-electron chi connectivity index (χ3n) is 3.28. The van der Waals surface area contributed by atoms with Gasteiger partial charge >= 0.3 is 0 Å². The van der Waals surface area contributed by atoms with Gasteiger partial charge in [-0.3, -0.25) is 0 Å². The summed E-state index contributed by atoms with van der Waals surface area (Å²) in [6, 6.07) is 6.54. The van der Waals surface area contributed by atoms with Crippen LogP contribution in [0, 0.1) is 12.7 Å². The summed E-state index contributed by atoms with van der Waals surface area (Å²) >= 11 is 14.7. The molecular weight excluding hydrogens is 401 g/mol. The molecule has 0 radical (unpaired) electrons. The molecule has 122 valence electrons. The molecule has 0 saturated heterocycles. The summed E-state index contributed by atoms with van der Waals surface area (Å²) in [5.41, 5.74) is 2.01. The van der Waals surface area contributed by atoms with E-state index in [2.05, 4.69) is 31.5 Å². The zero-order valence-corrected chi connectivity index (χ0v) is 15.7. The van der Waals surface area contributed by atoms with Crippen molar-refractivity contribution in [3.8, 4) is 0 Å². The Balaban J connectivity index is 1.77. The molecule has 7 heteroatoms. The summed E-state index contributed by atoms with van der Waals surface area (Å²) in [7, 11) is 0. The van der Waals surface area contributed by atoms with Crippen molar-refractivity contribution >= 4 is 50.7 Å². The van der Waals surface area contributed by atoms with E-state index in [1.165, 1.54) is 12.1 Å². The molecular formula is C16H16BrClFN3S. The third-order valence-corrected chi connectivity index (χ3v) is 4.87. The highest BCUT2D eigenvalue weighted by Crippen LogP contribution is 2.28. The van der Waals surface area contributed by atoms with Gasteiger partial charge in [0.05, 0.1) is 9.50 Å². The predicted octanol–water partition coefficient (Wildman–Crippen LogP) is 4.86. The van der Waals surface area contributed by atoms with Crippen LogP contribution in [0.25, 0.3) is 0 Å². The smallest absolute Gasteiger partial charge is 0.171 e. The van der Waals surface area contributed by atoms with Crippen LogP contribution in [0.4, 0.5) is 10.2 Å². The van der Waals surface area contributed by atoms with E-state index in [-0.39, 0.29) is 5.82 Å². The Morgan fingerprint density at radius 2 is 2.04 bits per heavy atom. The Labute approximate surface area is 153 Å². The molecule has 0 spiro atoms. The van der Waals surface area contributed by atoms with E-state index >= 15 is 0 Å². The van der Waals surface area contributed by atoms with Crippen LogP contribution in [0.1, 0.15) is 17.5 Å². The summed E-state index contributed by atoms with van der Waals surface area (Å²) in [4.78, 5) is 4.21. The van der Waals surface area contributed by atoms with Crippen molar-refractivity contribution in [1.82, 2.24) is 10.3 Å². The van der Waals surface area contributed by atoms with Crippen molar-refractivity contribution in [1.29, 1.82) is 0 Å². The number of anilines is 1. The van der Waals surface area contributed by atoms with E-state index in [0.29, 0.717) is 22.5 Å². The molecule has 1 aromatic heterocycles. The molecule has 3 nitrogen and oxygen atoms in total. The lowest BCUT2D eigenvalue weighted by atomic mass is 10.1. The van der Waals surface area contributed by atoms with Gasteiger partial charge in [-0.1, -0.05) is 23.7 Å². The minimum atomic E-state index is -0.214. The van der Waals surface area contributed by atoms with Crippen LogP contribution in [0.5, 0.6) is 0 Å². The van der Waals surface area contributed by atoms with E-state index in [0.717, 1.165) is 28.4 Å². The van der Waals surface area contributed by atoms with E-state index in [1.807, 2.05) is 6.92 Å². The van der Waals surface area contributed by atoms with E-state index < -0.39 is 0 Å². The first-order valence-corrected chi connectivity index (χ1v) is 8.65. The first kappa shape index (κ1) is 18.1. The van der Waals surface area contributed by atoms with Crippen molar-refractivity contribution in [2.75, 3.05) is 11.9 Å². The predicted molar refractivity (Wildman–Crippen MR) is 101 cm³/mol. The standard InChI is InChI=1S/C16H16BrClFN3S/c1-10-13(18)9-21-15(14(10)17)22-16(23)20-8-2-3-11-4-6-12(19)7-5-11/h4-7,9H,2-3,8H2,1H3,(H2,20,21,22,23). The molecule has 23 heavy (non-hydrogen) atoms. The summed E-state index contributed by atoms with van der Waals surface area (Å²) in [6.45, 7) is 2.62. The quantitative estimate of drug-likeness (QED) is 0.539. The van der Waals surface area contributed by atoms with Crippen molar-refractivity contribution in [2.45, 2.75) is 19.8 Å². The fourth-order valence-corrected chi connectivity index (χ4v) is 2.81. The van der Waals surface area contributed by atoms with Gasteiger partial charge in [0.2, 0.25) is 0 Å². The number of nitrogens with one attached hydrogen (secondary N) is 2. The van der Waals surface area contributed by atoms with Crippen LogP contribution in [-0.4, -0.2) is 16.6 Å². The Bertz CT molecular complexity index is 694. The van der Waals surface area contributed by atoms with Crippen LogP contribution in [0.3, 0.4) is 0 Å². The number of aromatic nitrogens is 1. The number of benzene rings is 1. The first-order valence-electron chi connectivity index (χ1n) is 7.07. The van der Waals surface area contributed by atoms with Crippen LogP contribution in [0.2, 0.25) is 5.02 Å². The van der Waals surface area contributed by atoms with Crippen molar-refractivity contribution in [2.24, 2.45) is 0 Å². The van der Waals surface area contributed by atoms with E-state index in [9.17, 15) is 4.39 Å². The summed E-state index contributed by atoms with van der Waals surface area (Å²) in [5.74, 6) is 0.413. The zero-order chi connectivity index (χ0) is 16.8. The Hall–Kier alpha value is -1.24. The average molecular weight is 417 g/mol. The van der Waals surface area contributed by atoms with Gasteiger partial charge in [-0.05, 0) is 71.2 Å². The molecule has 0 fully saturated rings. The summed E-state index contributed by atoms with van der Waals surface area (Å²) in [5, 5.41) is 7.26. The number of pyridine rings is 1. The molecule has 2 N–H and O–H groups in total. The van der Waals surface area contributed by atoms with Gasteiger partial charge in [0.25, 0.3) is 0 Å². The number of aryl methyl sites for hydroxylation is 1. The highest BCUT2D eigenvalue weighted by atomic mass is 79.9. The fourth-order valence-electron chi connectivity index (χ4n) is 1.94. The number of hydrogen-bond donors (Lipinski definition) is 2. The molecule has 0 aliphatic heterocycles. The lowest BCUT2D eigenvalue weighted by Crippen LogP contribution is -2.30. The van der Waals surface area contributed by atoms with Crippen LogP contribution in [-0.2, 0) is 6.42 Å². The van der Waals surface area contributed by atoms with Crippen LogP contribution in [0.15, 0.2) is 34.9 Å². The van der Waals surface area contributed by atoms with Crippen molar-refractivity contribution < 1.29 is 4.39 Å². The van der Waals surface area contributed by atoms with Gasteiger partial charge in [0.1, 0.15) is 11.6 Å². The molecule has 0 unspecified atom stereocenters. The maximum atomic E-state index is 12.8. The monoisotopic (exact) mass is 415 g/mol. The SMILES string of the molecule is Cc1c(Cl)cnc(NC(=S)NCCCc2ccc(F)cc2)c1Br. The zero-order valence-electron chi connectivity index (χ0n) is 12.5. The molecule has 1 aromatic carbocycles. The molecule has 0 bridgehead atoms. The number of nitrogens with zero attached hydrogens (tertiary/aromatic N) is 1. The van der Waals surface area contributed by atoms with Gasteiger partial charge in [-0.25, -0.2) is 9.37 Å². The normalized spacial score (nSPS) is 10.4. The Morgan fingerprint density at radius 1 is 1.35 bits per heavy atom. The highest BCUT2D eigenvalue weighted by molar-refractivity contribution is 9.10. The van der Waals surface area contributed by atoms with E-state index in [4.69, 9.17) is 23.8 Å². The average Bonchev–Trinajstić information content (AvgIpc) is 2.54. The van der Waals surface area contributed by atoms with Crippen LogP contribution >= 0.6 is 39.7 Å². The number of hydrogen-bond acceptors (Lipinski definition) is 2. The molecule has 2 rings (SSSR count). The topological polar surface area (TPSA) is 37.0 Å². The number of rotatable bonds is 5. The first-order chi connectivity index (χ1) is 11.0. The largest absolute Gasteiger partial charge is 0.362 e. The van der Waals surface area contributed by atoms with Gasteiger partial charge < -0.3 is 10.6 Å². The van der Waals surface area contributed by atoms with Gasteiger partial charge in [-0.15, -0.1) is 0 Å². The second-order valence-corrected chi connectivity index (χ2v) is 6.61. The van der Waals surface area contributed by atoms with Crippen molar-refractivity contribution in [3.63, 3.8) is 0 Å². The lowest BCUT2D eigenvalue weighted by Gasteiger charge is -2.12. The highest BCUT2D eigenvalue weighted by Gasteiger charge is 2.09. The van der Waals surface area contributed by atoms with Gasteiger partial charge in [0, 0.05) is 12.7 Å². The van der Waals surface area contributed by atoms with Crippen molar-refractivity contribution in [3.05, 3.63) is 56.9 Å². The molecule has 2 aromatic rings. The van der Waals surface area contributed by atoms with Gasteiger partial charge in [-0.2, -0.15) is 0 Å².